The minimum atomic E-state index is -0.319. The average Bonchev–Trinajstić information content (AvgIpc) is 3.14. The molecule has 0 radical (unpaired) electrons. The molecule has 0 fully saturated rings. The molecule has 0 aliphatic carbocycles. The van der Waals surface area contributed by atoms with Crippen LogP contribution in [0.4, 0.5) is 5.13 Å². The van der Waals surface area contributed by atoms with Crippen LogP contribution >= 0.6 is 23.1 Å². The molecule has 3 aromatic rings. The van der Waals surface area contributed by atoms with E-state index in [1.807, 2.05) is 61.1 Å². The second-order valence-corrected chi connectivity index (χ2v) is 7.41. The first-order chi connectivity index (χ1) is 11.5. The van der Waals surface area contributed by atoms with E-state index in [4.69, 9.17) is 0 Å². The summed E-state index contributed by atoms with van der Waals surface area (Å²) >= 11 is 2.79. The molecule has 8 heteroatoms. The van der Waals surface area contributed by atoms with Crippen LogP contribution in [0.5, 0.6) is 0 Å². The van der Waals surface area contributed by atoms with E-state index in [1.54, 1.807) is 0 Å². The lowest BCUT2D eigenvalue weighted by Crippen LogP contribution is -2.22. The van der Waals surface area contributed by atoms with Gasteiger partial charge in [-0.05, 0) is 32.9 Å². The van der Waals surface area contributed by atoms with Gasteiger partial charge in [0.05, 0.1) is 10.9 Å². The van der Waals surface area contributed by atoms with Crippen molar-refractivity contribution in [1.82, 2.24) is 19.7 Å². The monoisotopic (exact) mass is 359 g/mol. The van der Waals surface area contributed by atoms with E-state index in [1.165, 1.54) is 23.1 Å². The van der Waals surface area contributed by atoms with Crippen molar-refractivity contribution in [3.63, 3.8) is 0 Å². The third-order valence-electron chi connectivity index (χ3n) is 3.31. The molecule has 1 atom stereocenters. The number of aromatic nitrogens is 4. The van der Waals surface area contributed by atoms with Crippen molar-refractivity contribution < 1.29 is 4.79 Å². The summed E-state index contributed by atoms with van der Waals surface area (Å²) in [5.41, 5.74) is 1.88. The SMILES string of the molecule is Cc1csc(NC(=O)[C@H](C)Sc2nnc(C)n2-c2ccccc2)n1. The first-order valence-electron chi connectivity index (χ1n) is 7.41. The predicted octanol–water partition coefficient (Wildman–Crippen LogP) is 3.46. The van der Waals surface area contributed by atoms with Crippen LogP contribution in [-0.2, 0) is 4.79 Å². The van der Waals surface area contributed by atoms with Gasteiger partial charge < -0.3 is 5.32 Å². The largest absolute Gasteiger partial charge is 0.301 e. The van der Waals surface area contributed by atoms with Crippen molar-refractivity contribution in [3.05, 3.63) is 47.2 Å². The number of benzene rings is 1. The topological polar surface area (TPSA) is 72.7 Å². The second-order valence-electron chi connectivity index (χ2n) is 5.24. The van der Waals surface area contributed by atoms with E-state index in [-0.39, 0.29) is 11.2 Å². The number of nitrogens with zero attached hydrogens (tertiary/aromatic N) is 4. The second kappa shape index (κ2) is 7.14. The summed E-state index contributed by atoms with van der Waals surface area (Å²) in [6.07, 6.45) is 0. The number of hydrogen-bond acceptors (Lipinski definition) is 6. The predicted molar refractivity (Wildman–Crippen MR) is 96.9 cm³/mol. The molecule has 0 bridgehead atoms. The van der Waals surface area contributed by atoms with Crippen LogP contribution in [0.1, 0.15) is 18.4 Å². The fourth-order valence-electron chi connectivity index (χ4n) is 2.12. The molecule has 0 spiro atoms. The maximum atomic E-state index is 12.4. The molecule has 24 heavy (non-hydrogen) atoms. The number of thioether (sulfide) groups is 1. The lowest BCUT2D eigenvalue weighted by atomic mass is 10.3. The molecule has 0 unspecified atom stereocenters. The number of para-hydroxylation sites is 1. The highest BCUT2D eigenvalue weighted by Gasteiger charge is 2.20. The molecule has 0 aliphatic heterocycles. The number of carbonyl (C=O) groups excluding carboxylic acids is 1. The van der Waals surface area contributed by atoms with Gasteiger partial charge in [0, 0.05) is 11.1 Å². The Hall–Kier alpha value is -2.19. The first kappa shape index (κ1) is 16.7. The van der Waals surface area contributed by atoms with Crippen molar-refractivity contribution in [1.29, 1.82) is 0 Å². The van der Waals surface area contributed by atoms with Crippen LogP contribution in [-0.4, -0.2) is 30.9 Å². The Labute approximate surface area is 148 Å². The van der Waals surface area contributed by atoms with Gasteiger partial charge in [-0.25, -0.2) is 4.98 Å². The van der Waals surface area contributed by atoms with Crippen molar-refractivity contribution in [2.45, 2.75) is 31.2 Å². The van der Waals surface area contributed by atoms with E-state index in [0.29, 0.717) is 10.3 Å². The number of hydrogen-bond donors (Lipinski definition) is 1. The Balaban J connectivity index is 1.75. The highest BCUT2D eigenvalue weighted by atomic mass is 32.2. The molecular formula is C16H17N5OS2. The van der Waals surface area contributed by atoms with Crippen molar-refractivity contribution in [3.8, 4) is 5.69 Å². The maximum absolute atomic E-state index is 12.4. The molecule has 0 aliphatic rings. The minimum Gasteiger partial charge on any atom is -0.301 e. The number of carbonyl (C=O) groups is 1. The molecule has 2 heterocycles. The maximum Gasteiger partial charge on any atom is 0.239 e. The molecule has 0 saturated carbocycles. The zero-order chi connectivity index (χ0) is 17.1. The van der Waals surface area contributed by atoms with E-state index >= 15 is 0 Å². The normalized spacial score (nSPS) is 12.1. The molecule has 6 nitrogen and oxygen atoms in total. The molecule has 1 N–H and O–H groups in total. The van der Waals surface area contributed by atoms with Gasteiger partial charge in [0.25, 0.3) is 0 Å². The van der Waals surface area contributed by atoms with Gasteiger partial charge in [-0.1, -0.05) is 30.0 Å². The Morgan fingerprint density at radius 1 is 1.25 bits per heavy atom. The van der Waals surface area contributed by atoms with Gasteiger partial charge in [0.15, 0.2) is 10.3 Å². The summed E-state index contributed by atoms with van der Waals surface area (Å²) < 4.78 is 1.95. The lowest BCUT2D eigenvalue weighted by Gasteiger charge is -2.12. The summed E-state index contributed by atoms with van der Waals surface area (Å²) in [6, 6.07) is 9.86. The van der Waals surface area contributed by atoms with Crippen molar-refractivity contribution in [2.24, 2.45) is 0 Å². The van der Waals surface area contributed by atoms with Crippen molar-refractivity contribution >= 4 is 34.1 Å². The summed E-state index contributed by atoms with van der Waals surface area (Å²) in [7, 11) is 0. The molecule has 1 amide bonds. The molecule has 0 saturated heterocycles. The number of nitrogens with one attached hydrogen (secondary N) is 1. The zero-order valence-electron chi connectivity index (χ0n) is 13.6. The highest BCUT2D eigenvalue weighted by Crippen LogP contribution is 2.26. The fourth-order valence-corrected chi connectivity index (χ4v) is 3.73. The molecule has 2 aromatic heterocycles. The number of anilines is 1. The third kappa shape index (κ3) is 3.65. The number of thiazole rings is 1. The van der Waals surface area contributed by atoms with E-state index < -0.39 is 0 Å². The Morgan fingerprint density at radius 3 is 2.67 bits per heavy atom. The molecule has 124 valence electrons. The van der Waals surface area contributed by atoms with Crippen LogP contribution < -0.4 is 5.32 Å². The van der Waals surface area contributed by atoms with Crippen LogP contribution in [0.25, 0.3) is 5.69 Å². The van der Waals surface area contributed by atoms with E-state index in [0.717, 1.165) is 17.2 Å². The average molecular weight is 359 g/mol. The van der Waals surface area contributed by atoms with Gasteiger partial charge >= 0.3 is 0 Å². The van der Waals surface area contributed by atoms with Gasteiger partial charge in [-0.15, -0.1) is 21.5 Å². The molecular weight excluding hydrogens is 342 g/mol. The van der Waals surface area contributed by atoms with Crippen LogP contribution in [0.2, 0.25) is 0 Å². The summed E-state index contributed by atoms with van der Waals surface area (Å²) in [6.45, 7) is 5.64. The van der Waals surface area contributed by atoms with Crippen LogP contribution in [0.3, 0.4) is 0 Å². The summed E-state index contributed by atoms with van der Waals surface area (Å²) in [5.74, 6) is 0.682. The first-order valence-corrected chi connectivity index (χ1v) is 9.17. The molecule has 3 rings (SSSR count). The smallest absolute Gasteiger partial charge is 0.239 e. The quantitative estimate of drug-likeness (QED) is 0.706. The lowest BCUT2D eigenvalue weighted by molar-refractivity contribution is -0.115. The van der Waals surface area contributed by atoms with E-state index in [9.17, 15) is 4.79 Å². The Bertz CT molecular complexity index is 843. The van der Waals surface area contributed by atoms with Gasteiger partial charge in [0.2, 0.25) is 5.91 Å². The molecule has 1 aromatic carbocycles. The zero-order valence-corrected chi connectivity index (χ0v) is 15.2. The third-order valence-corrected chi connectivity index (χ3v) is 5.23. The number of amides is 1. The standard InChI is InChI=1S/C16H17N5OS2/c1-10-9-23-15(17-10)18-14(22)11(2)24-16-20-19-12(3)21(16)13-7-5-4-6-8-13/h4-9,11H,1-3H3,(H,17,18,22)/t11-/m0/s1. The van der Waals surface area contributed by atoms with Crippen LogP contribution in [0.15, 0.2) is 40.9 Å². The van der Waals surface area contributed by atoms with Gasteiger partial charge in [-0.2, -0.15) is 0 Å². The van der Waals surface area contributed by atoms with Gasteiger partial charge in [-0.3, -0.25) is 9.36 Å². The van der Waals surface area contributed by atoms with E-state index in [2.05, 4.69) is 20.5 Å². The van der Waals surface area contributed by atoms with Crippen LogP contribution in [0, 0.1) is 13.8 Å². The summed E-state index contributed by atoms with van der Waals surface area (Å²) in [5, 5.41) is 14.1. The van der Waals surface area contributed by atoms with Crippen molar-refractivity contribution in [2.75, 3.05) is 5.32 Å². The number of aryl methyl sites for hydroxylation is 2. The highest BCUT2D eigenvalue weighted by molar-refractivity contribution is 8.00. The fraction of sp³-hybridized carbons (Fsp3) is 0.250. The number of rotatable bonds is 5. The minimum absolute atomic E-state index is 0.102. The van der Waals surface area contributed by atoms with Gasteiger partial charge in [0.1, 0.15) is 5.82 Å². The summed E-state index contributed by atoms with van der Waals surface area (Å²) in [4.78, 5) is 16.6. The Kier molecular flexibility index (Phi) is 4.96. The Morgan fingerprint density at radius 2 is 2.00 bits per heavy atom.